The zero-order valence-electron chi connectivity index (χ0n) is 12.1. The zero-order valence-corrected chi connectivity index (χ0v) is 12.1. The van der Waals surface area contributed by atoms with Crippen molar-refractivity contribution in [2.24, 2.45) is 0 Å². The highest BCUT2D eigenvalue weighted by molar-refractivity contribution is 6.07. The quantitative estimate of drug-likeness (QED) is 0.789. The van der Waals surface area contributed by atoms with Crippen molar-refractivity contribution in [3.05, 3.63) is 60.0 Å². The number of rotatable bonds is 2. The van der Waals surface area contributed by atoms with Gasteiger partial charge in [-0.3, -0.25) is 19.8 Å². The Morgan fingerprint density at radius 1 is 1.14 bits per heavy atom. The van der Waals surface area contributed by atoms with Crippen LogP contribution in [0.25, 0.3) is 11.1 Å². The SMILES string of the molecule is Cc1ccc(-c2ccc3c(c2)N(c2ccn[nH]2)C(=O)C3)cn1. The van der Waals surface area contributed by atoms with E-state index in [-0.39, 0.29) is 5.91 Å². The molecular formula is C17H14N4O. The van der Waals surface area contributed by atoms with Gasteiger partial charge in [0.1, 0.15) is 5.82 Å². The number of nitrogens with zero attached hydrogens (tertiary/aromatic N) is 3. The molecule has 2 aromatic heterocycles. The molecule has 1 aliphatic rings. The Bertz CT molecular complexity index is 838. The second-order valence-corrected chi connectivity index (χ2v) is 5.38. The lowest BCUT2D eigenvalue weighted by Crippen LogP contribution is -2.21. The molecule has 0 bridgehead atoms. The third-order valence-corrected chi connectivity index (χ3v) is 3.89. The largest absolute Gasteiger partial charge is 0.274 e. The van der Waals surface area contributed by atoms with Crippen molar-refractivity contribution in [2.75, 3.05) is 4.90 Å². The number of amides is 1. The highest BCUT2D eigenvalue weighted by Crippen LogP contribution is 2.37. The maximum absolute atomic E-state index is 12.3. The fraction of sp³-hybridized carbons (Fsp3) is 0.118. The summed E-state index contributed by atoms with van der Waals surface area (Å²) in [6, 6.07) is 11.9. The van der Waals surface area contributed by atoms with Crippen LogP contribution in [0.2, 0.25) is 0 Å². The number of aryl methyl sites for hydroxylation is 1. The molecule has 22 heavy (non-hydrogen) atoms. The number of carbonyl (C=O) groups is 1. The molecule has 1 aliphatic heterocycles. The Kier molecular flexibility index (Phi) is 2.79. The number of aromatic amines is 1. The van der Waals surface area contributed by atoms with Crippen LogP contribution in [-0.4, -0.2) is 21.1 Å². The topological polar surface area (TPSA) is 61.9 Å². The second-order valence-electron chi connectivity index (χ2n) is 5.38. The van der Waals surface area contributed by atoms with Crippen molar-refractivity contribution in [1.82, 2.24) is 15.2 Å². The van der Waals surface area contributed by atoms with Gasteiger partial charge >= 0.3 is 0 Å². The van der Waals surface area contributed by atoms with Gasteiger partial charge in [0, 0.05) is 23.5 Å². The molecule has 0 fully saturated rings. The summed E-state index contributed by atoms with van der Waals surface area (Å²) in [4.78, 5) is 18.3. The number of hydrogen-bond acceptors (Lipinski definition) is 3. The first kappa shape index (κ1) is 12.8. The van der Waals surface area contributed by atoms with Crippen LogP contribution in [0.5, 0.6) is 0 Å². The molecule has 0 saturated heterocycles. The Labute approximate surface area is 127 Å². The lowest BCUT2D eigenvalue weighted by molar-refractivity contribution is -0.116. The van der Waals surface area contributed by atoms with E-state index in [1.54, 1.807) is 17.2 Å². The summed E-state index contributed by atoms with van der Waals surface area (Å²) < 4.78 is 0. The van der Waals surface area contributed by atoms with Crippen molar-refractivity contribution in [2.45, 2.75) is 13.3 Å². The number of hydrogen-bond donors (Lipinski definition) is 1. The highest BCUT2D eigenvalue weighted by Gasteiger charge is 2.29. The van der Waals surface area contributed by atoms with Crippen LogP contribution in [-0.2, 0) is 11.2 Å². The molecule has 5 nitrogen and oxygen atoms in total. The molecule has 0 spiro atoms. The second kappa shape index (κ2) is 4.80. The van der Waals surface area contributed by atoms with Crippen LogP contribution in [0, 0.1) is 6.92 Å². The van der Waals surface area contributed by atoms with Crippen LogP contribution in [0.1, 0.15) is 11.3 Å². The van der Waals surface area contributed by atoms with Crippen LogP contribution >= 0.6 is 0 Å². The fourth-order valence-electron chi connectivity index (χ4n) is 2.75. The molecule has 0 aliphatic carbocycles. The van der Waals surface area contributed by atoms with E-state index in [4.69, 9.17) is 0 Å². The average molecular weight is 290 g/mol. The minimum absolute atomic E-state index is 0.0541. The maximum atomic E-state index is 12.3. The molecule has 1 aromatic carbocycles. The summed E-state index contributed by atoms with van der Waals surface area (Å²) in [6.07, 6.45) is 3.92. The standard InChI is InChI=1S/C17H14N4O/c1-11-2-3-14(10-18-11)12-4-5-13-9-17(22)21(15(13)8-12)16-6-7-19-20-16/h2-8,10H,9H2,1H3,(H,19,20). The molecule has 0 saturated carbocycles. The molecule has 3 heterocycles. The fourth-order valence-corrected chi connectivity index (χ4v) is 2.75. The summed E-state index contributed by atoms with van der Waals surface area (Å²) in [6.45, 7) is 1.96. The Hall–Kier alpha value is -2.95. The molecule has 4 rings (SSSR count). The monoisotopic (exact) mass is 290 g/mol. The van der Waals surface area contributed by atoms with Gasteiger partial charge in [-0.2, -0.15) is 5.10 Å². The first-order valence-corrected chi connectivity index (χ1v) is 7.11. The van der Waals surface area contributed by atoms with Crippen molar-refractivity contribution < 1.29 is 4.79 Å². The minimum atomic E-state index is 0.0541. The van der Waals surface area contributed by atoms with Gasteiger partial charge in [-0.15, -0.1) is 0 Å². The van der Waals surface area contributed by atoms with E-state index in [0.29, 0.717) is 12.2 Å². The molecule has 1 amide bonds. The number of anilines is 2. The van der Waals surface area contributed by atoms with E-state index in [9.17, 15) is 4.79 Å². The van der Waals surface area contributed by atoms with Crippen molar-refractivity contribution >= 4 is 17.4 Å². The maximum Gasteiger partial charge on any atom is 0.237 e. The third-order valence-electron chi connectivity index (χ3n) is 3.89. The van der Waals surface area contributed by atoms with E-state index in [0.717, 1.165) is 28.1 Å². The van der Waals surface area contributed by atoms with E-state index >= 15 is 0 Å². The third kappa shape index (κ3) is 1.98. The predicted molar refractivity (Wildman–Crippen MR) is 83.8 cm³/mol. The molecular weight excluding hydrogens is 276 g/mol. The molecule has 1 N–H and O–H groups in total. The average Bonchev–Trinajstić information content (AvgIpc) is 3.13. The summed E-state index contributed by atoms with van der Waals surface area (Å²) in [5.41, 5.74) is 5.01. The van der Waals surface area contributed by atoms with Crippen LogP contribution < -0.4 is 4.90 Å². The smallest absolute Gasteiger partial charge is 0.237 e. The number of carbonyl (C=O) groups excluding carboxylic acids is 1. The Morgan fingerprint density at radius 3 is 2.73 bits per heavy atom. The lowest BCUT2D eigenvalue weighted by atomic mass is 10.0. The summed E-state index contributed by atoms with van der Waals surface area (Å²) in [5.74, 6) is 0.751. The zero-order chi connectivity index (χ0) is 15.1. The van der Waals surface area contributed by atoms with Crippen LogP contribution in [0.4, 0.5) is 11.5 Å². The highest BCUT2D eigenvalue weighted by atomic mass is 16.2. The van der Waals surface area contributed by atoms with Crippen molar-refractivity contribution in [1.29, 1.82) is 0 Å². The van der Waals surface area contributed by atoms with Gasteiger partial charge in [-0.25, -0.2) is 0 Å². The van der Waals surface area contributed by atoms with Crippen LogP contribution in [0.3, 0.4) is 0 Å². The Balaban J connectivity index is 1.81. The minimum Gasteiger partial charge on any atom is -0.274 e. The van der Waals surface area contributed by atoms with Gasteiger partial charge in [0.05, 0.1) is 18.3 Å². The summed E-state index contributed by atoms with van der Waals surface area (Å²) >= 11 is 0. The van der Waals surface area contributed by atoms with E-state index in [2.05, 4.69) is 15.2 Å². The molecule has 5 heteroatoms. The van der Waals surface area contributed by atoms with Gasteiger partial charge in [0.15, 0.2) is 0 Å². The Morgan fingerprint density at radius 2 is 2.00 bits per heavy atom. The number of pyridine rings is 1. The normalized spacial score (nSPS) is 13.5. The van der Waals surface area contributed by atoms with Gasteiger partial charge in [0.25, 0.3) is 0 Å². The van der Waals surface area contributed by atoms with Crippen LogP contribution in [0.15, 0.2) is 48.8 Å². The number of fused-ring (bicyclic) bond motifs is 1. The summed E-state index contributed by atoms with van der Waals surface area (Å²) in [7, 11) is 0. The van der Waals surface area contributed by atoms with E-state index < -0.39 is 0 Å². The van der Waals surface area contributed by atoms with E-state index in [1.165, 1.54) is 0 Å². The van der Waals surface area contributed by atoms with Gasteiger partial charge < -0.3 is 0 Å². The lowest BCUT2D eigenvalue weighted by Gasteiger charge is -2.15. The van der Waals surface area contributed by atoms with Gasteiger partial charge in [0.2, 0.25) is 5.91 Å². The first-order valence-electron chi connectivity index (χ1n) is 7.11. The first-order chi connectivity index (χ1) is 10.7. The molecule has 0 radical (unpaired) electrons. The van der Waals surface area contributed by atoms with Gasteiger partial charge in [-0.1, -0.05) is 18.2 Å². The summed E-state index contributed by atoms with van der Waals surface area (Å²) in [5, 5.41) is 6.80. The number of H-pyrrole nitrogens is 1. The molecule has 3 aromatic rings. The van der Waals surface area contributed by atoms with Crippen molar-refractivity contribution in [3.8, 4) is 11.1 Å². The number of benzene rings is 1. The molecule has 0 unspecified atom stereocenters. The number of nitrogens with one attached hydrogen (secondary N) is 1. The number of aromatic nitrogens is 3. The predicted octanol–water partition coefficient (Wildman–Crippen LogP) is 3.00. The van der Waals surface area contributed by atoms with E-state index in [1.807, 2.05) is 43.5 Å². The molecule has 108 valence electrons. The molecule has 0 atom stereocenters. The van der Waals surface area contributed by atoms with Crippen molar-refractivity contribution in [3.63, 3.8) is 0 Å². The van der Waals surface area contributed by atoms with Gasteiger partial charge in [-0.05, 0) is 30.2 Å².